The van der Waals surface area contributed by atoms with Gasteiger partial charge < -0.3 is 31.4 Å². The largest absolute Gasteiger partial charge is 2.00 e. The van der Waals surface area contributed by atoms with Crippen LogP contribution in [0, 0.1) is 0 Å². The van der Waals surface area contributed by atoms with E-state index in [4.69, 9.17) is 15.0 Å². The second-order valence-corrected chi connectivity index (χ2v) is 0.250. The molecule has 0 saturated heterocycles. The van der Waals surface area contributed by atoms with E-state index < -0.39 is 6.16 Å². The Morgan fingerprint density at radius 1 is 1.00 bits per heavy atom. The minimum Gasteiger partial charge on any atom is -0.652 e. The van der Waals surface area contributed by atoms with Crippen molar-refractivity contribution in [3.05, 3.63) is 0 Å². The molecule has 0 fully saturated rings. The van der Waals surface area contributed by atoms with E-state index in [1.54, 1.807) is 0 Å². The topological polar surface area (TPSA) is 158 Å². The van der Waals surface area contributed by atoms with Gasteiger partial charge in [-0.05, 0) is 6.16 Å². The Kier molecular flexibility index (Phi) is 180. The Morgan fingerprint density at radius 3 is 1.00 bits per heavy atom. The number of hydrogen-bond acceptors (Lipinski definition) is 3. The predicted molar refractivity (Wildman–Crippen MR) is 16.2 cm³/mol. The van der Waals surface area contributed by atoms with Crippen LogP contribution in [0.25, 0.3) is 0 Å². The zero-order valence-corrected chi connectivity index (χ0v) is 4.47. The van der Waals surface area contributed by atoms with E-state index in [9.17, 15) is 0 Å². The normalized spacial score (nSPS) is 3.00. The Labute approximate surface area is 55.5 Å². The third-order valence-electron chi connectivity index (χ3n) is 0. The summed E-state index contributed by atoms with van der Waals surface area (Å²) in [6.45, 7) is 0. The molecule has 1 radical (unpaired) electrons. The summed E-state index contributed by atoms with van der Waals surface area (Å²) in [5.41, 5.74) is 0. The molecule has 0 aromatic heterocycles. The van der Waals surface area contributed by atoms with Crippen LogP contribution >= 0.6 is 0 Å². The van der Waals surface area contributed by atoms with Crippen LogP contribution < -0.4 is 10.2 Å². The molecule has 0 atom stereocenters. The summed E-state index contributed by atoms with van der Waals surface area (Å²) >= 11 is 0. The standard InChI is InChI=1S/CH2O3.Cu.3H2O/c2-1(3)4;;;;/h(H2,2,3,4);;3*1H2/q;+2;;;/p-2. The molecule has 8 heavy (non-hydrogen) atoms. The van der Waals surface area contributed by atoms with E-state index in [0.29, 0.717) is 0 Å². The Bertz CT molecular complexity index is 31.5. The van der Waals surface area contributed by atoms with Gasteiger partial charge in [0.15, 0.2) is 0 Å². The molecule has 6 nitrogen and oxygen atoms in total. The van der Waals surface area contributed by atoms with E-state index in [0.717, 1.165) is 0 Å². The van der Waals surface area contributed by atoms with Gasteiger partial charge in [-0.3, -0.25) is 0 Å². The Morgan fingerprint density at radius 2 is 1.00 bits per heavy atom. The molecule has 7 heteroatoms. The molecule has 0 rings (SSSR count). The van der Waals surface area contributed by atoms with Crippen molar-refractivity contribution in [3.63, 3.8) is 0 Å². The van der Waals surface area contributed by atoms with Gasteiger partial charge in [0.05, 0.1) is 0 Å². The van der Waals surface area contributed by atoms with Gasteiger partial charge in [-0.2, -0.15) is 0 Å². The van der Waals surface area contributed by atoms with Crippen molar-refractivity contribution < 1.29 is 48.5 Å². The van der Waals surface area contributed by atoms with Crippen LogP contribution in [0.2, 0.25) is 0 Å². The molecule has 0 heterocycles. The molecular formula is CH6CuO6. The summed E-state index contributed by atoms with van der Waals surface area (Å²) in [4.78, 5) is 8.33. The van der Waals surface area contributed by atoms with Crippen molar-refractivity contribution in [2.75, 3.05) is 0 Å². The molecule has 0 saturated carbocycles. The molecule has 0 aliphatic heterocycles. The van der Waals surface area contributed by atoms with Crippen LogP contribution in [0.1, 0.15) is 0 Å². The van der Waals surface area contributed by atoms with Crippen molar-refractivity contribution in [1.82, 2.24) is 0 Å². The maximum Gasteiger partial charge on any atom is 2.00 e. The van der Waals surface area contributed by atoms with Gasteiger partial charge in [-0.25, -0.2) is 0 Å². The third-order valence-corrected chi connectivity index (χ3v) is 0. The summed E-state index contributed by atoms with van der Waals surface area (Å²) in [5.74, 6) is 0. The van der Waals surface area contributed by atoms with Crippen LogP contribution in [0.15, 0.2) is 0 Å². The van der Waals surface area contributed by atoms with Gasteiger partial charge in [-0.1, -0.05) is 0 Å². The molecule has 6 N–H and O–H groups in total. The van der Waals surface area contributed by atoms with Gasteiger partial charge in [-0.15, -0.1) is 0 Å². The first kappa shape index (κ1) is 47.9. The van der Waals surface area contributed by atoms with E-state index in [1.807, 2.05) is 0 Å². The van der Waals surface area contributed by atoms with Crippen LogP contribution in [-0.2, 0) is 17.1 Å². The zero-order chi connectivity index (χ0) is 3.58. The quantitative estimate of drug-likeness (QED) is 0.340. The first-order valence-electron chi connectivity index (χ1n) is 0.612. The summed E-state index contributed by atoms with van der Waals surface area (Å²) in [7, 11) is 0. The van der Waals surface area contributed by atoms with Crippen molar-refractivity contribution in [3.8, 4) is 0 Å². The molecule has 0 aliphatic carbocycles. The molecule has 0 aromatic rings. The number of carbonyl (C=O) groups is 1. The average Bonchev–Trinajstić information content (AvgIpc) is 0.811. The van der Waals surface area contributed by atoms with Gasteiger partial charge in [0, 0.05) is 0 Å². The van der Waals surface area contributed by atoms with Crippen LogP contribution in [-0.4, -0.2) is 22.6 Å². The first-order chi connectivity index (χ1) is 1.73. The molecule has 57 valence electrons. The molecule has 0 aromatic carbocycles. The summed E-state index contributed by atoms with van der Waals surface area (Å²) in [6.07, 6.45) is -2.33. The van der Waals surface area contributed by atoms with E-state index in [1.165, 1.54) is 0 Å². The second-order valence-electron chi connectivity index (χ2n) is 0.250. The van der Waals surface area contributed by atoms with Gasteiger partial charge in [0.25, 0.3) is 0 Å². The summed E-state index contributed by atoms with van der Waals surface area (Å²) < 4.78 is 0. The van der Waals surface area contributed by atoms with Crippen LogP contribution in [0.5, 0.6) is 0 Å². The van der Waals surface area contributed by atoms with Crippen LogP contribution in [0.4, 0.5) is 4.79 Å². The van der Waals surface area contributed by atoms with Crippen LogP contribution in [0.3, 0.4) is 0 Å². The molecule has 0 amide bonds. The zero-order valence-electron chi connectivity index (χ0n) is 3.53. The van der Waals surface area contributed by atoms with Crippen molar-refractivity contribution in [2.24, 2.45) is 0 Å². The number of carboxylic acid groups (broad SMARTS) is 2. The monoisotopic (exact) mass is 177 g/mol. The van der Waals surface area contributed by atoms with Crippen molar-refractivity contribution in [2.45, 2.75) is 0 Å². The minimum absolute atomic E-state index is 0. The van der Waals surface area contributed by atoms with Crippen molar-refractivity contribution >= 4 is 6.16 Å². The van der Waals surface area contributed by atoms with Crippen molar-refractivity contribution in [1.29, 1.82) is 0 Å². The smallest absolute Gasteiger partial charge is 0.652 e. The summed E-state index contributed by atoms with van der Waals surface area (Å²) in [5, 5.41) is 16.7. The molecule has 0 bridgehead atoms. The fourth-order valence-corrected chi connectivity index (χ4v) is 0. The average molecular weight is 178 g/mol. The maximum absolute atomic E-state index is 8.33. The fraction of sp³-hybridized carbons (Fsp3) is 0. The fourth-order valence-electron chi connectivity index (χ4n) is 0. The first-order valence-corrected chi connectivity index (χ1v) is 0.612. The third kappa shape index (κ3) is 1130. The minimum atomic E-state index is -2.33. The molecule has 0 aliphatic rings. The molecule has 0 spiro atoms. The molecule has 0 unspecified atom stereocenters. The van der Waals surface area contributed by atoms with E-state index >= 15 is 0 Å². The second kappa shape index (κ2) is 30.1. The SMILES string of the molecule is O.O.O.O=C([O-])[O-].[Cu+2]. The van der Waals surface area contributed by atoms with E-state index in [2.05, 4.69) is 0 Å². The van der Waals surface area contributed by atoms with E-state index in [-0.39, 0.29) is 33.5 Å². The van der Waals surface area contributed by atoms with Gasteiger partial charge >= 0.3 is 17.1 Å². The van der Waals surface area contributed by atoms with Gasteiger partial charge in [0.2, 0.25) is 0 Å². The maximum atomic E-state index is 8.33. The Hall–Kier alpha value is -0.331. The Balaban J connectivity index is -0.00000000750. The number of rotatable bonds is 0. The number of carbonyl (C=O) groups excluding carboxylic acids is 1. The number of hydrogen-bond donors (Lipinski definition) is 0. The molecular weight excluding hydrogens is 172 g/mol. The van der Waals surface area contributed by atoms with Gasteiger partial charge in [0.1, 0.15) is 0 Å². The summed E-state index contributed by atoms with van der Waals surface area (Å²) in [6, 6.07) is 0. The predicted octanol–water partition coefficient (Wildman–Crippen LogP) is -4.92.